The Hall–Kier alpha value is -4.13. The smallest absolute Gasteiger partial charge is 0.265 e. The number of carbonyl (C=O) groups excluding carboxylic acids is 2. The number of nitrogens with zero attached hydrogens (tertiary/aromatic N) is 3. The average molecular weight is 398 g/mol. The third-order valence-electron chi connectivity index (χ3n) is 4.94. The number of benzene rings is 2. The Bertz CT molecular complexity index is 1250. The fraction of sp³-hybridized carbons (Fsp3) is 0.0870. The predicted octanol–water partition coefficient (Wildman–Crippen LogP) is 3.37. The molecule has 30 heavy (non-hydrogen) atoms. The Morgan fingerprint density at radius 1 is 1.00 bits per heavy atom. The van der Waals surface area contributed by atoms with Gasteiger partial charge in [-0.15, -0.1) is 0 Å². The molecule has 0 radical (unpaired) electrons. The predicted molar refractivity (Wildman–Crippen MR) is 114 cm³/mol. The van der Waals surface area contributed by atoms with Gasteiger partial charge in [-0.05, 0) is 24.3 Å². The second-order valence-electron chi connectivity index (χ2n) is 6.89. The molecule has 3 heterocycles. The lowest BCUT2D eigenvalue weighted by Crippen LogP contribution is -2.43. The van der Waals surface area contributed by atoms with Gasteiger partial charge in [-0.25, -0.2) is 4.98 Å². The lowest BCUT2D eigenvalue weighted by Gasteiger charge is -2.28. The van der Waals surface area contributed by atoms with E-state index < -0.39 is 0 Å². The summed E-state index contributed by atoms with van der Waals surface area (Å²) in [7, 11) is 0. The third-order valence-corrected chi connectivity index (χ3v) is 4.94. The highest BCUT2D eigenvalue weighted by molar-refractivity contribution is 6.05. The number of nitrogens with one attached hydrogen (secondary N) is 1. The molecule has 1 aliphatic rings. The van der Waals surface area contributed by atoms with Crippen molar-refractivity contribution in [3.8, 4) is 17.0 Å². The number of fused-ring (bicyclic) bond motifs is 2. The van der Waals surface area contributed by atoms with Crippen LogP contribution < -0.4 is 15.0 Å². The molecule has 1 aliphatic heterocycles. The van der Waals surface area contributed by atoms with E-state index in [0.29, 0.717) is 22.9 Å². The molecule has 0 aliphatic carbocycles. The molecule has 0 atom stereocenters. The first-order chi connectivity index (χ1) is 14.7. The van der Waals surface area contributed by atoms with Crippen LogP contribution in [0.2, 0.25) is 0 Å². The Morgan fingerprint density at radius 2 is 1.77 bits per heavy atom. The first kappa shape index (κ1) is 17.9. The van der Waals surface area contributed by atoms with E-state index in [4.69, 9.17) is 4.74 Å². The molecule has 2 aromatic heterocycles. The number of pyridine rings is 1. The van der Waals surface area contributed by atoms with E-state index in [-0.39, 0.29) is 25.0 Å². The molecule has 4 aromatic rings. The summed E-state index contributed by atoms with van der Waals surface area (Å²) in [4.78, 5) is 31.5. The summed E-state index contributed by atoms with van der Waals surface area (Å²) in [6.07, 6.45) is 1.85. The number of hydrogen-bond donors (Lipinski definition) is 1. The van der Waals surface area contributed by atoms with E-state index in [0.717, 1.165) is 11.2 Å². The second-order valence-corrected chi connectivity index (χ2v) is 6.89. The van der Waals surface area contributed by atoms with Crippen molar-refractivity contribution < 1.29 is 14.3 Å². The van der Waals surface area contributed by atoms with Gasteiger partial charge in [-0.1, -0.05) is 48.5 Å². The van der Waals surface area contributed by atoms with Crippen LogP contribution in [-0.4, -0.2) is 34.4 Å². The molecule has 7 heteroatoms. The van der Waals surface area contributed by atoms with Gasteiger partial charge in [0.05, 0.1) is 5.69 Å². The zero-order valence-electron chi connectivity index (χ0n) is 16.0. The van der Waals surface area contributed by atoms with E-state index in [1.807, 2.05) is 71.3 Å². The molecule has 0 unspecified atom stereocenters. The van der Waals surface area contributed by atoms with Crippen LogP contribution in [0.5, 0.6) is 5.75 Å². The summed E-state index contributed by atoms with van der Waals surface area (Å²) < 4.78 is 7.28. The van der Waals surface area contributed by atoms with Crippen LogP contribution in [0.3, 0.4) is 0 Å². The summed E-state index contributed by atoms with van der Waals surface area (Å²) in [6, 6.07) is 22.5. The van der Waals surface area contributed by atoms with Gasteiger partial charge in [0.15, 0.2) is 6.61 Å². The van der Waals surface area contributed by atoms with Gasteiger partial charge < -0.3 is 10.1 Å². The Kier molecular flexibility index (Phi) is 4.40. The monoisotopic (exact) mass is 398 g/mol. The fourth-order valence-corrected chi connectivity index (χ4v) is 3.56. The quantitative estimate of drug-likeness (QED) is 0.572. The zero-order chi connectivity index (χ0) is 20.5. The van der Waals surface area contributed by atoms with Crippen molar-refractivity contribution in [2.75, 3.05) is 23.4 Å². The van der Waals surface area contributed by atoms with Crippen LogP contribution in [0.15, 0.2) is 79.0 Å². The molecule has 148 valence electrons. The molecule has 2 aromatic carbocycles. The van der Waals surface area contributed by atoms with Crippen molar-refractivity contribution in [1.29, 1.82) is 0 Å². The highest BCUT2D eigenvalue weighted by Crippen LogP contribution is 2.32. The van der Waals surface area contributed by atoms with Gasteiger partial charge in [0.1, 0.15) is 29.5 Å². The SMILES string of the molecule is O=C(CN1C(=O)COc2ccccc21)Nc1c(-c2ccccc2)nc2ccccn12. The largest absolute Gasteiger partial charge is 0.482 e. The maximum atomic E-state index is 13.0. The lowest BCUT2D eigenvalue weighted by molar-refractivity contribution is -0.123. The second kappa shape index (κ2) is 7.36. The number of imidazole rings is 1. The molecule has 0 bridgehead atoms. The number of ether oxygens (including phenoxy) is 1. The summed E-state index contributed by atoms with van der Waals surface area (Å²) in [5.41, 5.74) is 2.87. The van der Waals surface area contributed by atoms with Gasteiger partial charge in [-0.2, -0.15) is 0 Å². The molecular weight excluding hydrogens is 380 g/mol. The molecule has 0 fully saturated rings. The van der Waals surface area contributed by atoms with Gasteiger partial charge >= 0.3 is 0 Å². The van der Waals surface area contributed by atoms with Crippen molar-refractivity contribution in [1.82, 2.24) is 9.38 Å². The van der Waals surface area contributed by atoms with Crippen LogP contribution in [0.4, 0.5) is 11.5 Å². The minimum atomic E-state index is -0.317. The summed E-state index contributed by atoms with van der Waals surface area (Å²) >= 11 is 0. The van der Waals surface area contributed by atoms with Crippen molar-refractivity contribution >= 4 is 29.0 Å². The lowest BCUT2D eigenvalue weighted by atomic mass is 10.1. The van der Waals surface area contributed by atoms with E-state index in [1.165, 1.54) is 4.90 Å². The van der Waals surface area contributed by atoms with Crippen molar-refractivity contribution in [3.63, 3.8) is 0 Å². The van der Waals surface area contributed by atoms with Crippen molar-refractivity contribution in [2.24, 2.45) is 0 Å². The van der Waals surface area contributed by atoms with E-state index in [2.05, 4.69) is 10.3 Å². The number of anilines is 2. The number of rotatable bonds is 4. The molecule has 7 nitrogen and oxygen atoms in total. The highest BCUT2D eigenvalue weighted by atomic mass is 16.5. The molecule has 0 saturated carbocycles. The standard InChI is InChI=1S/C23H18N4O3/c28-20(14-27-17-10-4-5-11-18(17)30-15-21(27)29)25-23-22(16-8-2-1-3-9-16)24-19-12-6-7-13-26(19)23/h1-13H,14-15H2,(H,25,28). The number of carbonyl (C=O) groups is 2. The van der Waals surface area contributed by atoms with Gasteiger partial charge in [-0.3, -0.25) is 18.9 Å². The minimum absolute atomic E-state index is 0.0881. The topological polar surface area (TPSA) is 75.9 Å². The van der Waals surface area contributed by atoms with Crippen LogP contribution in [-0.2, 0) is 9.59 Å². The maximum Gasteiger partial charge on any atom is 0.265 e. The maximum absolute atomic E-state index is 13.0. The number of hydrogen-bond acceptors (Lipinski definition) is 4. The van der Waals surface area contributed by atoms with Gasteiger partial charge in [0, 0.05) is 11.8 Å². The molecule has 1 N–H and O–H groups in total. The number of amides is 2. The highest BCUT2D eigenvalue weighted by Gasteiger charge is 2.27. The molecule has 0 saturated heterocycles. The fourth-order valence-electron chi connectivity index (χ4n) is 3.56. The number of aromatic nitrogens is 2. The van der Waals surface area contributed by atoms with Crippen LogP contribution in [0.1, 0.15) is 0 Å². The van der Waals surface area contributed by atoms with Crippen LogP contribution in [0.25, 0.3) is 16.9 Å². The summed E-state index contributed by atoms with van der Waals surface area (Å²) in [5, 5.41) is 2.96. The van der Waals surface area contributed by atoms with Crippen LogP contribution in [0, 0.1) is 0 Å². The summed E-state index contributed by atoms with van der Waals surface area (Å²) in [6.45, 7) is -0.206. The summed E-state index contributed by atoms with van der Waals surface area (Å²) in [5.74, 6) is 0.577. The zero-order valence-corrected chi connectivity index (χ0v) is 16.0. The first-order valence-electron chi connectivity index (χ1n) is 9.55. The third kappa shape index (κ3) is 3.16. The molecule has 2 amide bonds. The van der Waals surface area contributed by atoms with Gasteiger partial charge in [0.2, 0.25) is 5.91 Å². The van der Waals surface area contributed by atoms with Crippen molar-refractivity contribution in [3.05, 3.63) is 79.0 Å². The van der Waals surface area contributed by atoms with Crippen molar-refractivity contribution in [2.45, 2.75) is 0 Å². The number of para-hydroxylation sites is 2. The van der Waals surface area contributed by atoms with E-state index in [9.17, 15) is 9.59 Å². The van der Waals surface area contributed by atoms with Gasteiger partial charge in [0.25, 0.3) is 5.91 Å². The minimum Gasteiger partial charge on any atom is -0.482 e. The van der Waals surface area contributed by atoms with E-state index in [1.54, 1.807) is 12.1 Å². The van der Waals surface area contributed by atoms with E-state index >= 15 is 0 Å². The Balaban J connectivity index is 1.48. The first-order valence-corrected chi connectivity index (χ1v) is 9.55. The molecular formula is C23H18N4O3. The van der Waals surface area contributed by atoms with Crippen LogP contribution >= 0.6 is 0 Å². The Labute approximate surface area is 172 Å². The molecule has 0 spiro atoms. The normalized spacial score (nSPS) is 13.1. The average Bonchev–Trinajstić information content (AvgIpc) is 3.15. The molecule has 5 rings (SSSR count). The Morgan fingerprint density at radius 3 is 2.63 bits per heavy atom.